The second kappa shape index (κ2) is 9.79. The molecule has 2 aliphatic rings. The number of hydrogen-bond acceptors (Lipinski definition) is 4. The largest absolute Gasteiger partial charge is 0.324 e. The van der Waals surface area contributed by atoms with E-state index >= 15 is 0 Å². The van der Waals surface area contributed by atoms with E-state index in [-0.39, 0.29) is 11.9 Å². The van der Waals surface area contributed by atoms with Gasteiger partial charge in [0.05, 0.1) is 0 Å². The van der Waals surface area contributed by atoms with Crippen LogP contribution in [0.4, 0.5) is 5.69 Å². The van der Waals surface area contributed by atoms with Gasteiger partial charge >= 0.3 is 0 Å². The van der Waals surface area contributed by atoms with Crippen LogP contribution in [0.15, 0.2) is 48.5 Å². The van der Waals surface area contributed by atoms with Gasteiger partial charge in [-0.2, -0.15) is 11.8 Å². The van der Waals surface area contributed by atoms with Gasteiger partial charge in [0.2, 0.25) is 5.91 Å². The molecule has 1 unspecified atom stereocenters. The first-order valence-electron chi connectivity index (χ1n) is 10.7. The van der Waals surface area contributed by atoms with E-state index in [0.29, 0.717) is 0 Å². The lowest BCUT2D eigenvalue weighted by atomic mass is 10.0. The van der Waals surface area contributed by atoms with Crippen LogP contribution < -0.4 is 5.32 Å². The van der Waals surface area contributed by atoms with Gasteiger partial charge in [0.15, 0.2) is 0 Å². The highest BCUT2D eigenvalue weighted by Crippen LogP contribution is 2.28. The van der Waals surface area contributed by atoms with E-state index in [1.165, 1.54) is 29.9 Å². The lowest BCUT2D eigenvalue weighted by Gasteiger charge is -2.28. The number of carbonyl (C=O) groups excluding carboxylic acids is 1. The molecular weight excluding hydrogens is 378 g/mol. The number of anilines is 1. The molecule has 1 N–H and O–H groups in total. The molecule has 1 amide bonds. The lowest BCUT2D eigenvalue weighted by Crippen LogP contribution is -2.35. The number of nitrogens with one attached hydrogen (secondary N) is 1. The van der Waals surface area contributed by atoms with Crippen LogP contribution in [-0.2, 0) is 11.3 Å². The molecule has 0 aliphatic carbocycles. The van der Waals surface area contributed by atoms with Crippen molar-refractivity contribution in [2.45, 2.75) is 32.4 Å². The van der Waals surface area contributed by atoms with Crippen molar-refractivity contribution in [3.05, 3.63) is 65.2 Å². The van der Waals surface area contributed by atoms with Crippen molar-refractivity contribution < 1.29 is 4.79 Å². The Bertz CT molecular complexity index is 814. The van der Waals surface area contributed by atoms with Gasteiger partial charge in [-0.05, 0) is 55.6 Å². The molecule has 2 aromatic rings. The molecule has 5 heteroatoms. The van der Waals surface area contributed by atoms with E-state index < -0.39 is 0 Å². The van der Waals surface area contributed by atoms with Crippen molar-refractivity contribution in [1.82, 2.24) is 9.80 Å². The van der Waals surface area contributed by atoms with Crippen LogP contribution in [0, 0.1) is 6.92 Å². The molecule has 2 fully saturated rings. The van der Waals surface area contributed by atoms with E-state index in [4.69, 9.17) is 0 Å². The van der Waals surface area contributed by atoms with Crippen molar-refractivity contribution in [1.29, 1.82) is 0 Å². The number of benzene rings is 2. The fourth-order valence-corrected chi connectivity index (χ4v) is 5.26. The molecule has 0 bridgehead atoms. The number of nitrogens with zero attached hydrogens (tertiary/aromatic N) is 2. The molecule has 154 valence electrons. The highest BCUT2D eigenvalue weighted by Gasteiger charge is 2.29. The van der Waals surface area contributed by atoms with Crippen LogP contribution in [0.25, 0.3) is 0 Å². The lowest BCUT2D eigenvalue weighted by molar-refractivity contribution is -0.121. The first-order valence-corrected chi connectivity index (χ1v) is 11.9. The summed E-state index contributed by atoms with van der Waals surface area (Å²) in [6.45, 7) is 7.29. The third-order valence-corrected chi connectivity index (χ3v) is 6.88. The summed E-state index contributed by atoms with van der Waals surface area (Å²) in [5.41, 5.74) is 4.41. The fraction of sp³-hybridized carbons (Fsp3) is 0.458. The summed E-state index contributed by atoms with van der Waals surface area (Å²) in [5, 5.41) is 3.26. The highest BCUT2D eigenvalue weighted by molar-refractivity contribution is 7.99. The van der Waals surface area contributed by atoms with E-state index in [9.17, 15) is 4.79 Å². The number of carbonyl (C=O) groups is 1. The molecule has 2 saturated heterocycles. The molecule has 2 aliphatic heterocycles. The van der Waals surface area contributed by atoms with Gasteiger partial charge in [0, 0.05) is 36.8 Å². The van der Waals surface area contributed by atoms with Crippen LogP contribution in [0.2, 0.25) is 0 Å². The Balaban J connectivity index is 1.51. The Morgan fingerprint density at radius 1 is 1.03 bits per heavy atom. The molecule has 0 saturated carbocycles. The molecule has 0 aromatic heterocycles. The molecule has 4 rings (SSSR count). The summed E-state index contributed by atoms with van der Waals surface area (Å²) in [6, 6.07) is 16.5. The van der Waals surface area contributed by atoms with Gasteiger partial charge in [0.25, 0.3) is 0 Å². The third-order valence-electron chi connectivity index (χ3n) is 5.94. The van der Waals surface area contributed by atoms with Gasteiger partial charge in [-0.3, -0.25) is 14.6 Å². The second-order valence-electron chi connectivity index (χ2n) is 8.08. The Kier molecular flexibility index (Phi) is 6.90. The minimum atomic E-state index is -0.221. The zero-order chi connectivity index (χ0) is 20.1. The van der Waals surface area contributed by atoms with Crippen molar-refractivity contribution in [3.8, 4) is 0 Å². The topological polar surface area (TPSA) is 35.6 Å². The van der Waals surface area contributed by atoms with E-state index in [2.05, 4.69) is 52.4 Å². The number of hydrogen-bond donors (Lipinski definition) is 1. The Hall–Kier alpha value is -1.82. The number of amides is 1. The summed E-state index contributed by atoms with van der Waals surface area (Å²) in [5.74, 6) is 2.50. The number of aryl methyl sites for hydroxylation is 1. The third kappa shape index (κ3) is 5.21. The standard InChI is InChI=1S/C24H31N3OS/c1-19-9-10-20(18-26-13-15-29-16-14-26)17-22(19)25-24(28)23(27-11-5-6-12-27)21-7-3-2-4-8-21/h2-4,7-10,17,23H,5-6,11-16,18H2,1H3,(H,25,28). The summed E-state index contributed by atoms with van der Waals surface area (Å²) in [6.07, 6.45) is 2.33. The number of likely N-dealkylation sites (tertiary alicyclic amines) is 1. The maximum Gasteiger partial charge on any atom is 0.246 e. The van der Waals surface area contributed by atoms with E-state index in [0.717, 1.165) is 49.5 Å². The maximum absolute atomic E-state index is 13.4. The predicted molar refractivity (Wildman–Crippen MR) is 122 cm³/mol. The minimum Gasteiger partial charge on any atom is -0.324 e. The van der Waals surface area contributed by atoms with Crippen LogP contribution in [-0.4, -0.2) is 53.4 Å². The zero-order valence-corrected chi connectivity index (χ0v) is 18.1. The first-order chi connectivity index (χ1) is 14.2. The van der Waals surface area contributed by atoms with Gasteiger partial charge in [-0.15, -0.1) is 0 Å². The Morgan fingerprint density at radius 2 is 1.76 bits per heavy atom. The van der Waals surface area contributed by atoms with Crippen molar-refractivity contribution in [3.63, 3.8) is 0 Å². The smallest absolute Gasteiger partial charge is 0.246 e. The number of rotatable bonds is 6. The molecule has 0 spiro atoms. The normalized spacial score (nSPS) is 19.2. The van der Waals surface area contributed by atoms with Gasteiger partial charge in [0.1, 0.15) is 6.04 Å². The van der Waals surface area contributed by atoms with Crippen LogP contribution in [0.1, 0.15) is 35.6 Å². The quantitative estimate of drug-likeness (QED) is 0.771. The van der Waals surface area contributed by atoms with Gasteiger partial charge in [-0.25, -0.2) is 0 Å². The molecule has 2 aromatic carbocycles. The van der Waals surface area contributed by atoms with Crippen molar-refractivity contribution >= 4 is 23.4 Å². The van der Waals surface area contributed by atoms with Crippen LogP contribution in [0.5, 0.6) is 0 Å². The fourth-order valence-electron chi connectivity index (χ4n) is 4.28. The zero-order valence-electron chi connectivity index (χ0n) is 17.3. The van der Waals surface area contributed by atoms with Crippen molar-refractivity contribution in [2.75, 3.05) is 43.0 Å². The molecule has 1 atom stereocenters. The molecular formula is C24H31N3OS. The maximum atomic E-state index is 13.4. The van der Waals surface area contributed by atoms with Crippen LogP contribution in [0.3, 0.4) is 0 Å². The monoisotopic (exact) mass is 409 g/mol. The summed E-state index contributed by atoms with van der Waals surface area (Å²) in [7, 11) is 0. The van der Waals surface area contributed by atoms with Crippen molar-refractivity contribution in [2.24, 2.45) is 0 Å². The van der Waals surface area contributed by atoms with E-state index in [1.807, 2.05) is 30.0 Å². The molecule has 0 radical (unpaired) electrons. The van der Waals surface area contributed by atoms with E-state index in [1.54, 1.807) is 0 Å². The minimum absolute atomic E-state index is 0.0766. The number of thioether (sulfide) groups is 1. The van der Waals surface area contributed by atoms with Gasteiger partial charge < -0.3 is 5.32 Å². The van der Waals surface area contributed by atoms with Crippen LogP contribution >= 0.6 is 11.8 Å². The SMILES string of the molecule is Cc1ccc(CN2CCSCC2)cc1NC(=O)C(c1ccccc1)N1CCCC1. The average Bonchev–Trinajstić information content (AvgIpc) is 3.26. The molecule has 4 nitrogen and oxygen atoms in total. The molecule has 29 heavy (non-hydrogen) atoms. The second-order valence-corrected chi connectivity index (χ2v) is 9.31. The average molecular weight is 410 g/mol. The molecule has 2 heterocycles. The summed E-state index contributed by atoms with van der Waals surface area (Å²) in [4.78, 5) is 18.2. The summed E-state index contributed by atoms with van der Waals surface area (Å²) < 4.78 is 0. The first kappa shape index (κ1) is 20.5. The summed E-state index contributed by atoms with van der Waals surface area (Å²) >= 11 is 2.03. The Labute approximate surface area is 178 Å². The Morgan fingerprint density at radius 3 is 2.48 bits per heavy atom. The van der Waals surface area contributed by atoms with Gasteiger partial charge in [-0.1, -0.05) is 42.5 Å². The predicted octanol–water partition coefficient (Wildman–Crippen LogP) is 4.32. The highest BCUT2D eigenvalue weighted by atomic mass is 32.2.